The highest BCUT2D eigenvalue weighted by molar-refractivity contribution is 5.79. The number of carboxylic acid groups (broad SMARTS) is 1. The number of carboxylic acids is 1. The van der Waals surface area contributed by atoms with Gasteiger partial charge in [0.25, 0.3) is 5.91 Å². The predicted octanol–water partition coefficient (Wildman–Crippen LogP) is 4.27. The van der Waals surface area contributed by atoms with Crippen LogP contribution in [0.25, 0.3) is 0 Å². The molecule has 0 heterocycles. The molecular formula is C25H24FNO4. The first-order valence-electron chi connectivity index (χ1n) is 9.99. The Kier molecular flexibility index (Phi) is 7.90. The van der Waals surface area contributed by atoms with Crippen molar-refractivity contribution >= 4 is 11.9 Å². The van der Waals surface area contributed by atoms with Gasteiger partial charge >= 0.3 is 5.97 Å². The average molecular weight is 421 g/mol. The van der Waals surface area contributed by atoms with Crippen molar-refractivity contribution in [1.29, 1.82) is 0 Å². The number of amides is 1. The molecule has 0 aliphatic carbocycles. The summed E-state index contributed by atoms with van der Waals surface area (Å²) in [5, 5.41) is 10.9. The van der Waals surface area contributed by atoms with Crippen LogP contribution in [0.2, 0.25) is 0 Å². The quantitative estimate of drug-likeness (QED) is 0.497. The molecule has 0 saturated heterocycles. The molecule has 1 amide bonds. The van der Waals surface area contributed by atoms with Crippen molar-refractivity contribution in [3.63, 3.8) is 0 Å². The molecule has 1 unspecified atom stereocenters. The Balaban J connectivity index is 1.74. The Bertz CT molecular complexity index is 977. The van der Waals surface area contributed by atoms with Gasteiger partial charge < -0.3 is 5.11 Å². The van der Waals surface area contributed by atoms with Crippen LogP contribution < -0.4 is 0 Å². The minimum Gasteiger partial charge on any atom is -0.481 e. The van der Waals surface area contributed by atoms with Crippen molar-refractivity contribution in [2.24, 2.45) is 5.92 Å². The molecule has 160 valence electrons. The van der Waals surface area contributed by atoms with Crippen LogP contribution in [-0.4, -0.2) is 28.6 Å². The summed E-state index contributed by atoms with van der Waals surface area (Å²) in [5.41, 5.74) is 2.34. The molecule has 3 aromatic rings. The molecule has 0 saturated carbocycles. The number of halogens is 1. The third kappa shape index (κ3) is 7.04. The van der Waals surface area contributed by atoms with Crippen molar-refractivity contribution in [1.82, 2.24) is 5.06 Å². The van der Waals surface area contributed by atoms with E-state index in [-0.39, 0.29) is 37.7 Å². The highest BCUT2D eigenvalue weighted by atomic mass is 19.1. The molecule has 31 heavy (non-hydrogen) atoms. The number of nitrogens with zero attached hydrogens (tertiary/aromatic N) is 1. The first-order valence-corrected chi connectivity index (χ1v) is 9.99. The van der Waals surface area contributed by atoms with Crippen LogP contribution in [0, 0.1) is 11.7 Å². The molecule has 0 radical (unpaired) electrons. The van der Waals surface area contributed by atoms with E-state index in [0.29, 0.717) is 5.56 Å². The Labute approximate surface area is 180 Å². The summed E-state index contributed by atoms with van der Waals surface area (Å²) in [6.45, 7) is 0.0325. The summed E-state index contributed by atoms with van der Waals surface area (Å²) in [6.07, 6.45) is 0.248. The van der Waals surface area contributed by atoms with E-state index in [0.717, 1.165) is 16.2 Å². The van der Waals surface area contributed by atoms with E-state index in [1.165, 1.54) is 24.3 Å². The average Bonchev–Trinajstić information content (AvgIpc) is 2.78. The fraction of sp³-hybridized carbons (Fsp3) is 0.200. The summed E-state index contributed by atoms with van der Waals surface area (Å²) < 4.78 is 13.2. The van der Waals surface area contributed by atoms with Crippen LogP contribution >= 0.6 is 0 Å². The van der Waals surface area contributed by atoms with Crippen molar-refractivity contribution in [3.05, 3.63) is 107 Å². The van der Waals surface area contributed by atoms with Crippen LogP contribution in [0.5, 0.6) is 0 Å². The van der Waals surface area contributed by atoms with Gasteiger partial charge in [-0.2, -0.15) is 0 Å². The van der Waals surface area contributed by atoms with E-state index in [1.54, 1.807) is 0 Å². The summed E-state index contributed by atoms with van der Waals surface area (Å²) in [4.78, 5) is 30.6. The van der Waals surface area contributed by atoms with Gasteiger partial charge in [-0.15, -0.1) is 0 Å². The Hall–Kier alpha value is -3.51. The van der Waals surface area contributed by atoms with E-state index in [9.17, 15) is 19.1 Å². The summed E-state index contributed by atoms with van der Waals surface area (Å²) >= 11 is 0. The fourth-order valence-corrected chi connectivity index (χ4v) is 3.15. The molecule has 0 aromatic heterocycles. The minimum atomic E-state index is -1.01. The first kappa shape index (κ1) is 22.2. The summed E-state index contributed by atoms with van der Waals surface area (Å²) in [7, 11) is 0. The molecule has 0 spiro atoms. The normalized spacial score (nSPS) is 11.6. The maximum atomic E-state index is 13.2. The first-order chi connectivity index (χ1) is 15.0. The second kappa shape index (κ2) is 11.0. The number of aliphatic carboxylic acids is 1. The fourth-order valence-electron chi connectivity index (χ4n) is 3.15. The predicted molar refractivity (Wildman–Crippen MR) is 114 cm³/mol. The zero-order chi connectivity index (χ0) is 22.1. The largest absolute Gasteiger partial charge is 0.481 e. The highest BCUT2D eigenvalue weighted by Gasteiger charge is 2.26. The maximum Gasteiger partial charge on any atom is 0.308 e. The molecule has 1 atom stereocenters. The lowest BCUT2D eigenvalue weighted by atomic mass is 9.99. The highest BCUT2D eigenvalue weighted by Crippen LogP contribution is 2.15. The van der Waals surface area contributed by atoms with Gasteiger partial charge in [-0.05, 0) is 35.2 Å². The lowest BCUT2D eigenvalue weighted by Gasteiger charge is -2.25. The van der Waals surface area contributed by atoms with Gasteiger partial charge in [-0.25, -0.2) is 9.45 Å². The minimum absolute atomic E-state index is 0.0211. The SMILES string of the molecule is O=C(O)C(Cc1ccccc1)CN(OCc1ccccc1)C(=O)Cc1ccc(F)cc1. The Morgan fingerprint density at radius 1 is 0.839 bits per heavy atom. The number of carbonyl (C=O) groups excluding carboxylic acids is 1. The Morgan fingerprint density at radius 3 is 2.00 bits per heavy atom. The van der Waals surface area contributed by atoms with Crippen molar-refractivity contribution < 1.29 is 23.9 Å². The number of hydrogen-bond donors (Lipinski definition) is 1. The van der Waals surface area contributed by atoms with Crippen molar-refractivity contribution in [3.8, 4) is 0 Å². The van der Waals surface area contributed by atoms with Gasteiger partial charge in [-0.1, -0.05) is 72.8 Å². The molecule has 3 rings (SSSR count). The molecule has 5 nitrogen and oxygen atoms in total. The van der Waals surface area contributed by atoms with Crippen LogP contribution in [0.3, 0.4) is 0 Å². The summed E-state index contributed by atoms with van der Waals surface area (Å²) in [5.74, 6) is -2.62. The Morgan fingerprint density at radius 2 is 1.42 bits per heavy atom. The van der Waals surface area contributed by atoms with Crippen LogP contribution in [0.4, 0.5) is 4.39 Å². The van der Waals surface area contributed by atoms with Crippen molar-refractivity contribution in [2.45, 2.75) is 19.4 Å². The van der Waals surface area contributed by atoms with Gasteiger partial charge in [0, 0.05) is 0 Å². The van der Waals surface area contributed by atoms with E-state index in [4.69, 9.17) is 4.84 Å². The molecule has 6 heteroatoms. The van der Waals surface area contributed by atoms with E-state index < -0.39 is 11.9 Å². The second-order valence-electron chi connectivity index (χ2n) is 7.24. The second-order valence-corrected chi connectivity index (χ2v) is 7.24. The molecule has 3 aromatic carbocycles. The number of rotatable bonds is 10. The molecule has 0 bridgehead atoms. The van der Waals surface area contributed by atoms with Gasteiger partial charge in [0.15, 0.2) is 0 Å². The lowest BCUT2D eigenvalue weighted by Crippen LogP contribution is -2.39. The van der Waals surface area contributed by atoms with Gasteiger partial charge in [0.05, 0.1) is 18.9 Å². The van der Waals surface area contributed by atoms with E-state index in [1.807, 2.05) is 60.7 Å². The van der Waals surface area contributed by atoms with E-state index in [2.05, 4.69) is 0 Å². The van der Waals surface area contributed by atoms with Gasteiger partial charge in [0.1, 0.15) is 12.4 Å². The molecule has 1 N–H and O–H groups in total. The number of benzene rings is 3. The van der Waals surface area contributed by atoms with Crippen molar-refractivity contribution in [2.75, 3.05) is 6.54 Å². The topological polar surface area (TPSA) is 66.8 Å². The molecule has 0 fully saturated rings. The molecule has 0 aliphatic heterocycles. The van der Waals surface area contributed by atoms with Crippen LogP contribution in [-0.2, 0) is 33.9 Å². The smallest absolute Gasteiger partial charge is 0.308 e. The van der Waals surface area contributed by atoms with Gasteiger partial charge in [-0.3, -0.25) is 14.4 Å². The maximum absolute atomic E-state index is 13.2. The van der Waals surface area contributed by atoms with Crippen LogP contribution in [0.15, 0.2) is 84.9 Å². The summed E-state index contributed by atoms with van der Waals surface area (Å²) in [6, 6.07) is 24.2. The number of hydroxylamine groups is 2. The zero-order valence-electron chi connectivity index (χ0n) is 17.0. The van der Waals surface area contributed by atoms with E-state index >= 15 is 0 Å². The standard InChI is InChI=1S/C25H24FNO4/c26-23-13-11-20(12-14-23)16-24(28)27(31-18-21-9-5-2-6-10-21)17-22(25(29)30)15-19-7-3-1-4-8-19/h1-14,22H,15-18H2,(H,29,30). The number of hydrogen-bond acceptors (Lipinski definition) is 3. The number of carbonyl (C=O) groups is 2. The van der Waals surface area contributed by atoms with Crippen LogP contribution in [0.1, 0.15) is 16.7 Å². The van der Waals surface area contributed by atoms with Gasteiger partial charge in [0.2, 0.25) is 0 Å². The monoisotopic (exact) mass is 421 g/mol. The zero-order valence-corrected chi connectivity index (χ0v) is 17.0. The molecular weight excluding hydrogens is 397 g/mol. The third-order valence-electron chi connectivity index (χ3n) is 4.84. The molecule has 0 aliphatic rings. The lowest BCUT2D eigenvalue weighted by molar-refractivity contribution is -0.196. The third-order valence-corrected chi connectivity index (χ3v) is 4.84.